The van der Waals surface area contributed by atoms with Crippen LogP contribution in [0.3, 0.4) is 0 Å². The van der Waals surface area contributed by atoms with Crippen LogP contribution in [0.5, 0.6) is 5.75 Å². The predicted molar refractivity (Wildman–Crippen MR) is 79.4 cm³/mol. The average molecular weight is 312 g/mol. The Morgan fingerprint density at radius 3 is 2.65 bits per heavy atom. The Morgan fingerprint density at radius 2 is 2.00 bits per heavy atom. The predicted octanol–water partition coefficient (Wildman–Crippen LogP) is 1.73. The van der Waals surface area contributed by atoms with Crippen molar-refractivity contribution < 1.29 is 13.2 Å². The minimum absolute atomic E-state index is 0.132. The molecule has 1 heterocycles. The monoisotopic (exact) mass is 312 g/mol. The largest absolute Gasteiger partial charge is 0.494 e. The fourth-order valence-electron chi connectivity index (χ4n) is 1.71. The molecule has 1 aromatic heterocycles. The summed E-state index contributed by atoms with van der Waals surface area (Å²) in [6.45, 7) is 0.132. The lowest BCUT2D eigenvalue weighted by Gasteiger charge is -2.13. The second-order valence-electron chi connectivity index (χ2n) is 4.15. The molecule has 0 bridgehead atoms. The van der Waals surface area contributed by atoms with Crippen molar-refractivity contribution in [2.75, 3.05) is 13.7 Å². The van der Waals surface area contributed by atoms with Crippen LogP contribution in [0.4, 0.5) is 0 Å². The van der Waals surface area contributed by atoms with Crippen molar-refractivity contribution in [2.45, 2.75) is 10.3 Å². The van der Waals surface area contributed by atoms with Gasteiger partial charge in [-0.1, -0.05) is 30.3 Å². The van der Waals surface area contributed by atoms with Gasteiger partial charge in [-0.15, -0.1) is 11.3 Å². The van der Waals surface area contributed by atoms with Crippen LogP contribution in [0.2, 0.25) is 0 Å². The van der Waals surface area contributed by atoms with Gasteiger partial charge in [0, 0.05) is 12.6 Å². The molecule has 0 spiro atoms. The summed E-state index contributed by atoms with van der Waals surface area (Å²) in [5, 5.41) is 1.67. The number of sulfonamides is 1. The molecule has 20 heavy (non-hydrogen) atoms. The van der Waals surface area contributed by atoms with E-state index in [0.717, 1.165) is 16.9 Å². The van der Waals surface area contributed by atoms with E-state index in [2.05, 4.69) is 4.72 Å². The van der Waals surface area contributed by atoms with Crippen LogP contribution in [0.25, 0.3) is 0 Å². The van der Waals surface area contributed by atoms with Crippen molar-refractivity contribution in [2.24, 2.45) is 5.73 Å². The standard InChI is InChI=1S/C13H16N2O3S2/c1-18-12-7-8-19-13(12)20(16,17)15-9-11(14)10-5-3-2-4-6-10/h2-8,11,15H,9,14H2,1H3. The maximum Gasteiger partial charge on any atom is 0.253 e. The first-order chi connectivity index (χ1) is 9.54. The molecule has 0 saturated carbocycles. The first kappa shape index (κ1) is 15.0. The molecule has 1 unspecified atom stereocenters. The Balaban J connectivity index is 2.07. The molecule has 0 aliphatic carbocycles. The van der Waals surface area contributed by atoms with E-state index in [9.17, 15) is 8.42 Å². The van der Waals surface area contributed by atoms with Gasteiger partial charge in [0.25, 0.3) is 10.0 Å². The summed E-state index contributed by atoms with van der Waals surface area (Å²) in [5.41, 5.74) is 6.85. The van der Waals surface area contributed by atoms with Crippen LogP contribution in [0.1, 0.15) is 11.6 Å². The maximum atomic E-state index is 12.2. The number of hydrogen-bond acceptors (Lipinski definition) is 5. The Labute approximate surface area is 122 Å². The molecule has 1 aromatic carbocycles. The van der Waals surface area contributed by atoms with Gasteiger partial charge in [0.05, 0.1) is 7.11 Å². The normalized spacial score (nSPS) is 13.1. The number of methoxy groups -OCH3 is 1. The van der Waals surface area contributed by atoms with E-state index >= 15 is 0 Å². The van der Waals surface area contributed by atoms with E-state index in [1.165, 1.54) is 7.11 Å². The number of ether oxygens (including phenoxy) is 1. The van der Waals surface area contributed by atoms with Gasteiger partial charge in [-0.25, -0.2) is 13.1 Å². The van der Waals surface area contributed by atoms with E-state index in [1.807, 2.05) is 30.3 Å². The van der Waals surface area contributed by atoms with Crippen LogP contribution in [0, 0.1) is 0 Å². The zero-order valence-corrected chi connectivity index (χ0v) is 12.6. The number of hydrogen-bond donors (Lipinski definition) is 2. The lowest BCUT2D eigenvalue weighted by Crippen LogP contribution is -2.31. The van der Waals surface area contributed by atoms with E-state index in [0.29, 0.717) is 5.75 Å². The number of benzene rings is 1. The maximum absolute atomic E-state index is 12.2. The minimum atomic E-state index is -3.60. The fraction of sp³-hybridized carbons (Fsp3) is 0.231. The minimum Gasteiger partial charge on any atom is -0.494 e. The van der Waals surface area contributed by atoms with Crippen LogP contribution >= 0.6 is 11.3 Å². The van der Waals surface area contributed by atoms with Gasteiger partial charge >= 0.3 is 0 Å². The van der Waals surface area contributed by atoms with Crippen LogP contribution in [0.15, 0.2) is 46.0 Å². The van der Waals surface area contributed by atoms with Crippen molar-refractivity contribution >= 4 is 21.4 Å². The third-order valence-corrected chi connectivity index (χ3v) is 5.65. The van der Waals surface area contributed by atoms with Gasteiger partial charge < -0.3 is 10.5 Å². The molecule has 5 nitrogen and oxygen atoms in total. The summed E-state index contributed by atoms with van der Waals surface area (Å²) in [6.07, 6.45) is 0. The Morgan fingerprint density at radius 1 is 1.30 bits per heavy atom. The lowest BCUT2D eigenvalue weighted by molar-refractivity contribution is 0.406. The molecular weight excluding hydrogens is 296 g/mol. The molecule has 0 aliphatic rings. The molecule has 108 valence electrons. The first-order valence-electron chi connectivity index (χ1n) is 5.96. The molecule has 0 saturated heterocycles. The Hall–Kier alpha value is -1.41. The third-order valence-electron chi connectivity index (χ3n) is 2.78. The van der Waals surface area contributed by atoms with Gasteiger partial charge in [0.1, 0.15) is 5.75 Å². The second kappa shape index (κ2) is 6.36. The highest BCUT2D eigenvalue weighted by molar-refractivity contribution is 7.91. The molecule has 0 fully saturated rings. The summed E-state index contributed by atoms with van der Waals surface area (Å²) in [4.78, 5) is 0. The summed E-state index contributed by atoms with van der Waals surface area (Å²) in [6, 6.07) is 10.6. The zero-order valence-electron chi connectivity index (χ0n) is 10.9. The summed E-state index contributed by atoms with van der Waals surface area (Å²) in [5.74, 6) is 0.343. The SMILES string of the molecule is COc1ccsc1S(=O)(=O)NCC(N)c1ccccc1. The summed E-state index contributed by atoms with van der Waals surface area (Å²) < 4.78 is 32.0. The summed E-state index contributed by atoms with van der Waals surface area (Å²) >= 11 is 1.11. The van der Waals surface area contributed by atoms with Gasteiger partial charge in [-0.3, -0.25) is 0 Å². The molecule has 2 rings (SSSR count). The first-order valence-corrected chi connectivity index (χ1v) is 8.32. The number of rotatable bonds is 6. The molecule has 1 atom stereocenters. The zero-order chi connectivity index (χ0) is 14.6. The highest BCUT2D eigenvalue weighted by Crippen LogP contribution is 2.29. The molecule has 3 N–H and O–H groups in total. The van der Waals surface area contributed by atoms with Gasteiger partial charge in [0.2, 0.25) is 0 Å². The molecule has 0 amide bonds. The molecular formula is C13H16N2O3S2. The molecule has 0 radical (unpaired) electrons. The van der Waals surface area contributed by atoms with E-state index in [1.54, 1.807) is 11.4 Å². The van der Waals surface area contributed by atoms with Crippen molar-refractivity contribution in [3.8, 4) is 5.75 Å². The Bertz CT molecular complexity index is 653. The topological polar surface area (TPSA) is 81.4 Å². The quantitative estimate of drug-likeness (QED) is 0.851. The molecule has 2 aromatic rings. The van der Waals surface area contributed by atoms with Crippen molar-refractivity contribution in [1.82, 2.24) is 4.72 Å². The number of thiophene rings is 1. The van der Waals surface area contributed by atoms with E-state index < -0.39 is 16.1 Å². The van der Waals surface area contributed by atoms with Crippen molar-refractivity contribution in [1.29, 1.82) is 0 Å². The van der Waals surface area contributed by atoms with Gasteiger partial charge in [-0.2, -0.15) is 0 Å². The second-order valence-corrected chi connectivity index (χ2v) is 7.02. The summed E-state index contributed by atoms with van der Waals surface area (Å²) in [7, 11) is -2.16. The highest BCUT2D eigenvalue weighted by Gasteiger charge is 2.21. The highest BCUT2D eigenvalue weighted by atomic mass is 32.2. The van der Waals surface area contributed by atoms with Crippen molar-refractivity contribution in [3.63, 3.8) is 0 Å². The lowest BCUT2D eigenvalue weighted by atomic mass is 10.1. The van der Waals surface area contributed by atoms with Crippen molar-refractivity contribution in [3.05, 3.63) is 47.3 Å². The van der Waals surface area contributed by atoms with Crippen LogP contribution in [-0.2, 0) is 10.0 Å². The molecule has 7 heteroatoms. The number of nitrogens with one attached hydrogen (secondary N) is 1. The Kier molecular flexibility index (Phi) is 4.77. The fourth-order valence-corrected chi connectivity index (χ4v) is 4.09. The van der Waals surface area contributed by atoms with E-state index in [4.69, 9.17) is 10.5 Å². The van der Waals surface area contributed by atoms with Gasteiger partial charge in [0.15, 0.2) is 4.21 Å². The molecule has 0 aliphatic heterocycles. The average Bonchev–Trinajstić information content (AvgIpc) is 2.95. The number of nitrogens with two attached hydrogens (primary N) is 1. The third kappa shape index (κ3) is 3.37. The van der Waals surface area contributed by atoms with Gasteiger partial charge in [-0.05, 0) is 17.0 Å². The van der Waals surface area contributed by atoms with Crippen LogP contribution in [-0.4, -0.2) is 22.1 Å². The smallest absolute Gasteiger partial charge is 0.253 e. The van der Waals surface area contributed by atoms with E-state index in [-0.39, 0.29) is 10.8 Å². The van der Waals surface area contributed by atoms with Crippen LogP contribution < -0.4 is 15.2 Å².